The largest absolute Gasteiger partial charge is 0.467 e. The SMILES string of the molecule is COC(CNC(=O)C(C)C)c1ccco1. The molecule has 0 saturated carbocycles. The van der Waals surface area contributed by atoms with Crippen molar-refractivity contribution >= 4 is 5.91 Å². The van der Waals surface area contributed by atoms with Gasteiger partial charge in [0.2, 0.25) is 5.91 Å². The molecule has 0 aliphatic rings. The molecule has 1 atom stereocenters. The van der Waals surface area contributed by atoms with Gasteiger partial charge in [-0.15, -0.1) is 0 Å². The Morgan fingerprint density at radius 1 is 1.60 bits per heavy atom. The monoisotopic (exact) mass is 211 g/mol. The van der Waals surface area contributed by atoms with Crippen LogP contribution >= 0.6 is 0 Å². The summed E-state index contributed by atoms with van der Waals surface area (Å²) >= 11 is 0. The zero-order valence-electron chi connectivity index (χ0n) is 9.32. The van der Waals surface area contributed by atoms with Crippen LogP contribution in [0.2, 0.25) is 0 Å². The zero-order chi connectivity index (χ0) is 11.3. The molecule has 1 aromatic heterocycles. The van der Waals surface area contributed by atoms with Crippen LogP contribution in [0.1, 0.15) is 25.7 Å². The van der Waals surface area contributed by atoms with Crippen molar-refractivity contribution in [3.05, 3.63) is 24.2 Å². The lowest BCUT2D eigenvalue weighted by Crippen LogP contribution is -2.32. The molecule has 0 saturated heterocycles. The van der Waals surface area contributed by atoms with Crippen LogP contribution in [0.3, 0.4) is 0 Å². The molecule has 84 valence electrons. The lowest BCUT2D eigenvalue weighted by Gasteiger charge is -2.14. The third-order valence-corrected chi connectivity index (χ3v) is 2.13. The van der Waals surface area contributed by atoms with Crippen LogP contribution in [0.15, 0.2) is 22.8 Å². The van der Waals surface area contributed by atoms with Crippen molar-refractivity contribution in [1.82, 2.24) is 5.32 Å². The molecule has 1 amide bonds. The Kier molecular flexibility index (Phi) is 4.37. The molecular formula is C11H17NO3. The highest BCUT2D eigenvalue weighted by Crippen LogP contribution is 2.15. The van der Waals surface area contributed by atoms with E-state index < -0.39 is 0 Å². The van der Waals surface area contributed by atoms with Gasteiger partial charge in [0, 0.05) is 13.0 Å². The third kappa shape index (κ3) is 3.40. The van der Waals surface area contributed by atoms with Crippen molar-refractivity contribution < 1.29 is 13.9 Å². The summed E-state index contributed by atoms with van der Waals surface area (Å²) in [4.78, 5) is 11.3. The van der Waals surface area contributed by atoms with E-state index in [1.807, 2.05) is 19.9 Å². The first-order valence-corrected chi connectivity index (χ1v) is 4.99. The molecular weight excluding hydrogens is 194 g/mol. The molecule has 4 heteroatoms. The van der Waals surface area contributed by atoms with Gasteiger partial charge in [-0.2, -0.15) is 0 Å². The minimum Gasteiger partial charge on any atom is -0.467 e. The van der Waals surface area contributed by atoms with Gasteiger partial charge in [-0.05, 0) is 12.1 Å². The molecule has 1 unspecified atom stereocenters. The first kappa shape index (κ1) is 11.8. The average molecular weight is 211 g/mol. The molecule has 15 heavy (non-hydrogen) atoms. The molecule has 1 N–H and O–H groups in total. The summed E-state index contributed by atoms with van der Waals surface area (Å²) in [6, 6.07) is 3.63. The molecule has 0 fully saturated rings. The number of ether oxygens (including phenoxy) is 1. The van der Waals surface area contributed by atoms with Crippen LogP contribution in [0.5, 0.6) is 0 Å². The summed E-state index contributed by atoms with van der Waals surface area (Å²) < 4.78 is 10.4. The maximum Gasteiger partial charge on any atom is 0.222 e. The predicted octanol–water partition coefficient (Wildman–Crippen LogP) is 1.74. The fraction of sp³-hybridized carbons (Fsp3) is 0.545. The van der Waals surface area contributed by atoms with Crippen molar-refractivity contribution in [1.29, 1.82) is 0 Å². The lowest BCUT2D eigenvalue weighted by atomic mass is 10.2. The van der Waals surface area contributed by atoms with E-state index in [1.165, 1.54) is 0 Å². The van der Waals surface area contributed by atoms with Gasteiger partial charge in [-0.1, -0.05) is 13.8 Å². The van der Waals surface area contributed by atoms with Gasteiger partial charge in [0.15, 0.2) is 0 Å². The number of hydrogen-bond donors (Lipinski definition) is 1. The normalized spacial score (nSPS) is 12.8. The number of rotatable bonds is 5. The van der Waals surface area contributed by atoms with E-state index in [-0.39, 0.29) is 17.9 Å². The summed E-state index contributed by atoms with van der Waals surface area (Å²) in [6.45, 7) is 4.13. The number of carbonyl (C=O) groups excluding carboxylic acids is 1. The Morgan fingerprint density at radius 2 is 2.33 bits per heavy atom. The van der Waals surface area contributed by atoms with Crippen molar-refractivity contribution in [2.75, 3.05) is 13.7 Å². The molecule has 1 heterocycles. The summed E-state index contributed by atoms with van der Waals surface area (Å²) in [5.41, 5.74) is 0. The molecule has 4 nitrogen and oxygen atoms in total. The van der Waals surface area contributed by atoms with Gasteiger partial charge in [-0.25, -0.2) is 0 Å². The second kappa shape index (κ2) is 5.56. The van der Waals surface area contributed by atoms with Gasteiger partial charge in [0.1, 0.15) is 11.9 Å². The molecule has 0 radical (unpaired) electrons. The number of nitrogens with one attached hydrogen (secondary N) is 1. The third-order valence-electron chi connectivity index (χ3n) is 2.13. The summed E-state index contributed by atoms with van der Waals surface area (Å²) in [7, 11) is 1.59. The van der Waals surface area contributed by atoms with Crippen LogP contribution < -0.4 is 5.32 Å². The smallest absolute Gasteiger partial charge is 0.222 e. The quantitative estimate of drug-likeness (QED) is 0.807. The average Bonchev–Trinajstić information content (AvgIpc) is 2.71. The second-order valence-corrected chi connectivity index (χ2v) is 3.64. The number of amides is 1. The fourth-order valence-electron chi connectivity index (χ4n) is 1.17. The van der Waals surface area contributed by atoms with Gasteiger partial charge >= 0.3 is 0 Å². The Balaban J connectivity index is 2.45. The first-order chi connectivity index (χ1) is 7.15. The van der Waals surface area contributed by atoms with E-state index in [2.05, 4.69) is 5.32 Å². The van der Waals surface area contributed by atoms with Crippen LogP contribution in [0.25, 0.3) is 0 Å². The molecule has 0 spiro atoms. The van der Waals surface area contributed by atoms with Crippen LogP contribution in [0, 0.1) is 5.92 Å². The predicted molar refractivity (Wildman–Crippen MR) is 56.3 cm³/mol. The first-order valence-electron chi connectivity index (χ1n) is 4.99. The Bertz CT molecular complexity index is 293. The van der Waals surface area contributed by atoms with Gasteiger partial charge in [-0.3, -0.25) is 4.79 Å². The zero-order valence-corrected chi connectivity index (χ0v) is 9.32. The number of hydrogen-bond acceptors (Lipinski definition) is 3. The Labute approximate surface area is 89.6 Å². The van der Waals surface area contributed by atoms with Crippen LogP contribution in [0.4, 0.5) is 0 Å². The molecule has 0 bridgehead atoms. The number of methoxy groups -OCH3 is 1. The topological polar surface area (TPSA) is 51.5 Å². The van der Waals surface area contributed by atoms with E-state index in [4.69, 9.17) is 9.15 Å². The summed E-state index contributed by atoms with van der Waals surface area (Å²) in [5.74, 6) is 0.726. The van der Waals surface area contributed by atoms with E-state index in [0.717, 1.165) is 5.76 Å². The maximum atomic E-state index is 11.3. The second-order valence-electron chi connectivity index (χ2n) is 3.64. The maximum absolute atomic E-state index is 11.3. The standard InChI is InChI=1S/C11H17NO3/c1-8(2)11(13)12-7-10(14-3)9-5-4-6-15-9/h4-6,8,10H,7H2,1-3H3,(H,12,13). The number of furan rings is 1. The van der Waals surface area contributed by atoms with Crippen LogP contribution in [-0.2, 0) is 9.53 Å². The van der Waals surface area contributed by atoms with Gasteiger partial charge < -0.3 is 14.5 Å². The van der Waals surface area contributed by atoms with E-state index >= 15 is 0 Å². The van der Waals surface area contributed by atoms with E-state index in [9.17, 15) is 4.79 Å². The van der Waals surface area contributed by atoms with Crippen molar-refractivity contribution in [2.24, 2.45) is 5.92 Å². The summed E-state index contributed by atoms with van der Waals surface area (Å²) in [6.07, 6.45) is 1.37. The van der Waals surface area contributed by atoms with E-state index in [0.29, 0.717) is 6.54 Å². The Hall–Kier alpha value is -1.29. The van der Waals surface area contributed by atoms with Crippen LogP contribution in [-0.4, -0.2) is 19.6 Å². The molecule has 0 aliphatic heterocycles. The Morgan fingerprint density at radius 3 is 2.80 bits per heavy atom. The fourth-order valence-corrected chi connectivity index (χ4v) is 1.17. The molecule has 0 aromatic carbocycles. The summed E-state index contributed by atoms with van der Waals surface area (Å²) in [5, 5.41) is 2.80. The van der Waals surface area contributed by atoms with E-state index in [1.54, 1.807) is 19.4 Å². The molecule has 0 aliphatic carbocycles. The molecule has 1 rings (SSSR count). The van der Waals surface area contributed by atoms with Gasteiger partial charge in [0.05, 0.1) is 12.8 Å². The van der Waals surface area contributed by atoms with Gasteiger partial charge in [0.25, 0.3) is 0 Å². The van der Waals surface area contributed by atoms with Crippen molar-refractivity contribution in [3.63, 3.8) is 0 Å². The van der Waals surface area contributed by atoms with Crippen molar-refractivity contribution in [3.8, 4) is 0 Å². The highest BCUT2D eigenvalue weighted by atomic mass is 16.5. The highest BCUT2D eigenvalue weighted by Gasteiger charge is 2.15. The molecule has 1 aromatic rings. The number of carbonyl (C=O) groups is 1. The lowest BCUT2D eigenvalue weighted by molar-refractivity contribution is -0.124. The highest BCUT2D eigenvalue weighted by molar-refractivity contribution is 5.77. The minimum absolute atomic E-state index is 0.0147. The van der Waals surface area contributed by atoms with Crippen molar-refractivity contribution in [2.45, 2.75) is 20.0 Å². The minimum atomic E-state index is -0.220.